The Kier molecular flexibility index (Phi) is 5.56. The molecule has 0 aliphatic rings. The van der Waals surface area contributed by atoms with Crippen LogP contribution in [0.5, 0.6) is 5.88 Å². The fraction of sp³-hybridized carbons (Fsp3) is 0.250. The first kappa shape index (κ1) is 14.0. The molecule has 1 aromatic heterocycles. The van der Waals surface area contributed by atoms with Crippen LogP contribution in [0.2, 0.25) is 0 Å². The van der Waals surface area contributed by atoms with E-state index < -0.39 is 0 Å². The van der Waals surface area contributed by atoms with Crippen LogP contribution in [0.3, 0.4) is 0 Å². The first-order valence-electron chi connectivity index (χ1n) is 6.63. The lowest BCUT2D eigenvalue weighted by Crippen LogP contribution is -2.17. The van der Waals surface area contributed by atoms with Crippen molar-refractivity contribution in [1.82, 2.24) is 10.3 Å². The number of ether oxygens (including phenoxy) is 1. The number of pyridine rings is 1. The van der Waals surface area contributed by atoms with E-state index >= 15 is 0 Å². The number of aromatic nitrogens is 1. The molecule has 1 heterocycles. The number of rotatable bonds is 7. The minimum atomic E-state index is 0.379. The monoisotopic (exact) mass is 267 g/mol. The lowest BCUT2D eigenvalue weighted by molar-refractivity contribution is 0.296. The van der Waals surface area contributed by atoms with Gasteiger partial charge in [-0.2, -0.15) is 5.26 Å². The molecule has 2 aromatic rings. The summed E-state index contributed by atoms with van der Waals surface area (Å²) in [6.07, 6.45) is 0.894. The highest BCUT2D eigenvalue weighted by Gasteiger charge is 1.97. The molecule has 0 radical (unpaired) electrons. The Morgan fingerprint density at radius 1 is 1.10 bits per heavy atom. The maximum absolute atomic E-state index is 8.73. The van der Waals surface area contributed by atoms with E-state index in [1.807, 2.05) is 24.3 Å². The predicted octanol–water partition coefficient (Wildman–Crippen LogP) is 2.51. The largest absolute Gasteiger partial charge is 0.478 e. The molecule has 0 saturated heterocycles. The van der Waals surface area contributed by atoms with Crippen molar-refractivity contribution in [3.63, 3.8) is 0 Å². The van der Waals surface area contributed by atoms with E-state index in [1.54, 1.807) is 18.2 Å². The second kappa shape index (κ2) is 7.93. The first-order valence-corrected chi connectivity index (χ1v) is 6.63. The molecule has 0 amide bonds. The quantitative estimate of drug-likeness (QED) is 0.783. The summed E-state index contributed by atoms with van der Waals surface area (Å²) in [5.74, 6) is 0.507. The van der Waals surface area contributed by atoms with Crippen LogP contribution in [0.1, 0.15) is 17.7 Å². The van der Waals surface area contributed by atoms with Gasteiger partial charge in [0.15, 0.2) is 0 Å². The zero-order valence-electron chi connectivity index (χ0n) is 11.2. The normalized spacial score (nSPS) is 9.95. The molecule has 1 N–H and O–H groups in total. The summed E-state index contributed by atoms with van der Waals surface area (Å²) in [6.45, 7) is 2.33. The van der Waals surface area contributed by atoms with Crippen molar-refractivity contribution in [3.8, 4) is 11.9 Å². The Bertz CT molecular complexity index is 563. The minimum absolute atomic E-state index is 0.379. The molecule has 4 nitrogen and oxygen atoms in total. The van der Waals surface area contributed by atoms with E-state index in [9.17, 15) is 0 Å². The van der Waals surface area contributed by atoms with Crippen molar-refractivity contribution in [3.05, 3.63) is 59.8 Å². The van der Waals surface area contributed by atoms with E-state index in [1.165, 1.54) is 5.56 Å². The van der Waals surface area contributed by atoms with Gasteiger partial charge in [0.05, 0.1) is 6.61 Å². The SMILES string of the molecule is N#Cc1cccc(OCCCNCc2ccccc2)n1. The molecule has 0 spiro atoms. The topological polar surface area (TPSA) is 57.9 Å². The molecule has 0 atom stereocenters. The van der Waals surface area contributed by atoms with Crippen LogP contribution in [0.4, 0.5) is 0 Å². The van der Waals surface area contributed by atoms with Gasteiger partial charge in [0.2, 0.25) is 5.88 Å². The average molecular weight is 267 g/mol. The van der Waals surface area contributed by atoms with Gasteiger partial charge in [-0.15, -0.1) is 0 Å². The number of hydrogen-bond donors (Lipinski definition) is 1. The smallest absolute Gasteiger partial charge is 0.214 e. The van der Waals surface area contributed by atoms with Crippen molar-refractivity contribution >= 4 is 0 Å². The highest BCUT2D eigenvalue weighted by molar-refractivity contribution is 5.24. The summed E-state index contributed by atoms with van der Waals surface area (Å²) in [5, 5.41) is 12.1. The third kappa shape index (κ3) is 4.71. The maximum atomic E-state index is 8.73. The molecule has 0 unspecified atom stereocenters. The zero-order chi connectivity index (χ0) is 14.0. The van der Waals surface area contributed by atoms with E-state index in [0.717, 1.165) is 19.5 Å². The summed E-state index contributed by atoms with van der Waals surface area (Å²) in [7, 11) is 0. The van der Waals surface area contributed by atoms with Crippen LogP contribution < -0.4 is 10.1 Å². The molecule has 0 aliphatic carbocycles. The maximum Gasteiger partial charge on any atom is 0.214 e. The van der Waals surface area contributed by atoms with Crippen LogP contribution >= 0.6 is 0 Å². The van der Waals surface area contributed by atoms with Gasteiger partial charge >= 0.3 is 0 Å². The fourth-order valence-corrected chi connectivity index (χ4v) is 1.76. The average Bonchev–Trinajstić information content (AvgIpc) is 2.52. The Morgan fingerprint density at radius 3 is 2.75 bits per heavy atom. The predicted molar refractivity (Wildman–Crippen MR) is 77.2 cm³/mol. The summed E-state index contributed by atoms with van der Waals surface area (Å²) in [6, 6.07) is 17.5. The summed E-state index contributed by atoms with van der Waals surface area (Å²) in [4.78, 5) is 4.05. The highest BCUT2D eigenvalue weighted by atomic mass is 16.5. The number of benzene rings is 1. The second-order valence-electron chi connectivity index (χ2n) is 4.34. The Labute approximate surface area is 119 Å². The van der Waals surface area contributed by atoms with Gasteiger partial charge in [0.1, 0.15) is 11.8 Å². The molecule has 102 valence electrons. The van der Waals surface area contributed by atoms with Crippen LogP contribution in [-0.2, 0) is 6.54 Å². The van der Waals surface area contributed by atoms with Crippen molar-refractivity contribution in [2.24, 2.45) is 0 Å². The molecule has 4 heteroatoms. The molecule has 0 fully saturated rings. The van der Waals surface area contributed by atoms with Gasteiger partial charge in [0, 0.05) is 12.6 Å². The Hall–Kier alpha value is -2.38. The molecular formula is C16H17N3O. The number of nitriles is 1. The van der Waals surface area contributed by atoms with Gasteiger partial charge in [-0.1, -0.05) is 36.4 Å². The van der Waals surface area contributed by atoms with Crippen molar-refractivity contribution in [2.45, 2.75) is 13.0 Å². The Morgan fingerprint density at radius 2 is 1.95 bits per heavy atom. The molecular weight excluding hydrogens is 250 g/mol. The standard InChI is InChI=1S/C16H17N3O/c17-12-15-8-4-9-16(19-15)20-11-5-10-18-13-14-6-2-1-3-7-14/h1-4,6-9,18H,5,10-11,13H2. The van der Waals surface area contributed by atoms with Gasteiger partial charge in [0.25, 0.3) is 0 Å². The Balaban J connectivity index is 1.61. The fourth-order valence-electron chi connectivity index (χ4n) is 1.76. The molecule has 20 heavy (non-hydrogen) atoms. The van der Waals surface area contributed by atoms with Crippen LogP contribution in [0.25, 0.3) is 0 Å². The van der Waals surface area contributed by atoms with E-state index in [-0.39, 0.29) is 0 Å². The summed E-state index contributed by atoms with van der Waals surface area (Å²) >= 11 is 0. The van der Waals surface area contributed by atoms with Gasteiger partial charge in [-0.3, -0.25) is 0 Å². The van der Waals surface area contributed by atoms with E-state index in [4.69, 9.17) is 10.00 Å². The lowest BCUT2D eigenvalue weighted by atomic mass is 10.2. The molecule has 2 rings (SSSR count). The van der Waals surface area contributed by atoms with Crippen LogP contribution in [0, 0.1) is 11.3 Å². The number of nitrogens with one attached hydrogen (secondary N) is 1. The van der Waals surface area contributed by atoms with E-state index in [0.29, 0.717) is 18.2 Å². The molecule has 1 aromatic carbocycles. The third-order valence-corrected chi connectivity index (χ3v) is 2.76. The van der Waals surface area contributed by atoms with Gasteiger partial charge < -0.3 is 10.1 Å². The van der Waals surface area contributed by atoms with Crippen molar-refractivity contribution in [2.75, 3.05) is 13.2 Å². The van der Waals surface area contributed by atoms with Gasteiger partial charge in [-0.25, -0.2) is 4.98 Å². The molecule has 0 saturated carbocycles. The minimum Gasteiger partial charge on any atom is -0.478 e. The first-order chi connectivity index (χ1) is 9.88. The summed E-state index contributed by atoms with van der Waals surface area (Å²) < 4.78 is 5.50. The molecule has 0 bridgehead atoms. The van der Waals surface area contributed by atoms with Crippen LogP contribution in [0.15, 0.2) is 48.5 Å². The second-order valence-corrected chi connectivity index (χ2v) is 4.34. The van der Waals surface area contributed by atoms with Crippen molar-refractivity contribution < 1.29 is 4.74 Å². The van der Waals surface area contributed by atoms with E-state index in [2.05, 4.69) is 22.4 Å². The number of hydrogen-bond acceptors (Lipinski definition) is 4. The van der Waals surface area contributed by atoms with Gasteiger partial charge in [-0.05, 0) is 24.6 Å². The lowest BCUT2D eigenvalue weighted by Gasteiger charge is -2.06. The number of nitrogens with zero attached hydrogens (tertiary/aromatic N) is 2. The third-order valence-electron chi connectivity index (χ3n) is 2.76. The molecule has 0 aliphatic heterocycles. The zero-order valence-corrected chi connectivity index (χ0v) is 11.2. The van der Waals surface area contributed by atoms with Crippen molar-refractivity contribution in [1.29, 1.82) is 5.26 Å². The summed E-state index contributed by atoms with van der Waals surface area (Å²) in [5.41, 5.74) is 1.65. The van der Waals surface area contributed by atoms with Crippen LogP contribution in [-0.4, -0.2) is 18.1 Å². The highest BCUT2D eigenvalue weighted by Crippen LogP contribution is 2.06.